The summed E-state index contributed by atoms with van der Waals surface area (Å²) < 4.78 is 15.9. The van der Waals surface area contributed by atoms with Crippen LogP contribution in [0.3, 0.4) is 0 Å². The second kappa shape index (κ2) is 9.45. The molecule has 3 rings (SSSR count). The summed E-state index contributed by atoms with van der Waals surface area (Å²) in [4.78, 5) is 23.2. The van der Waals surface area contributed by atoms with Gasteiger partial charge in [0.2, 0.25) is 0 Å². The van der Waals surface area contributed by atoms with Crippen molar-refractivity contribution in [3.05, 3.63) is 59.7 Å². The number of aliphatic carboxylic acids is 1. The number of carboxylic acids is 1. The maximum atomic E-state index is 12.5. The number of esters is 1. The fourth-order valence-electron chi connectivity index (χ4n) is 3.33. The predicted molar refractivity (Wildman–Crippen MR) is 102 cm³/mol. The first-order chi connectivity index (χ1) is 13.6. The van der Waals surface area contributed by atoms with Crippen molar-refractivity contribution < 1.29 is 28.9 Å². The predicted octanol–water partition coefficient (Wildman–Crippen LogP) is 1.79. The van der Waals surface area contributed by atoms with Gasteiger partial charge in [0.1, 0.15) is 13.2 Å². The summed E-state index contributed by atoms with van der Waals surface area (Å²) in [5.74, 6) is -1.91. The molecule has 28 heavy (non-hydrogen) atoms. The van der Waals surface area contributed by atoms with Crippen LogP contribution in [0.1, 0.15) is 17.0 Å². The van der Waals surface area contributed by atoms with Gasteiger partial charge in [0.25, 0.3) is 0 Å². The number of ether oxygens (including phenoxy) is 3. The molecule has 0 bridgehead atoms. The van der Waals surface area contributed by atoms with Gasteiger partial charge in [-0.05, 0) is 22.3 Å². The van der Waals surface area contributed by atoms with Crippen LogP contribution in [0.15, 0.2) is 48.5 Å². The number of hydrogen-bond donors (Lipinski definition) is 2. The second-order valence-corrected chi connectivity index (χ2v) is 6.41. The van der Waals surface area contributed by atoms with Crippen molar-refractivity contribution in [3.8, 4) is 11.1 Å². The number of fused-ring (bicyclic) bond motifs is 3. The molecule has 1 unspecified atom stereocenters. The number of benzene rings is 2. The zero-order chi connectivity index (χ0) is 19.9. The summed E-state index contributed by atoms with van der Waals surface area (Å²) in [6, 6.07) is 16.0. The topological polar surface area (TPSA) is 108 Å². The summed E-state index contributed by atoms with van der Waals surface area (Å²) in [5.41, 5.74) is 9.82. The van der Waals surface area contributed by atoms with Crippen LogP contribution in [0.2, 0.25) is 0 Å². The Morgan fingerprint density at radius 3 is 2.21 bits per heavy atom. The quantitative estimate of drug-likeness (QED) is 0.474. The van der Waals surface area contributed by atoms with Crippen LogP contribution in [0.5, 0.6) is 0 Å². The fourth-order valence-corrected chi connectivity index (χ4v) is 3.33. The third-order valence-electron chi connectivity index (χ3n) is 4.56. The lowest BCUT2D eigenvalue weighted by Gasteiger charge is -2.19. The van der Waals surface area contributed by atoms with Crippen LogP contribution in [0.4, 0.5) is 0 Å². The largest absolute Gasteiger partial charge is 0.480 e. The Kier molecular flexibility index (Phi) is 6.76. The van der Waals surface area contributed by atoms with Crippen molar-refractivity contribution in [2.45, 2.75) is 12.0 Å². The third-order valence-corrected chi connectivity index (χ3v) is 4.56. The van der Waals surface area contributed by atoms with Crippen molar-refractivity contribution >= 4 is 11.9 Å². The Hall–Kier alpha value is -2.74. The van der Waals surface area contributed by atoms with Crippen LogP contribution < -0.4 is 5.73 Å². The van der Waals surface area contributed by atoms with Crippen LogP contribution in [-0.2, 0) is 23.8 Å². The normalized spacial score (nSPS) is 13.6. The van der Waals surface area contributed by atoms with Crippen LogP contribution in [0, 0.1) is 0 Å². The molecule has 3 N–H and O–H groups in total. The van der Waals surface area contributed by atoms with Gasteiger partial charge in [0.05, 0.1) is 13.2 Å². The van der Waals surface area contributed by atoms with E-state index in [1.807, 2.05) is 36.4 Å². The van der Waals surface area contributed by atoms with Gasteiger partial charge >= 0.3 is 11.9 Å². The molecule has 0 heterocycles. The van der Waals surface area contributed by atoms with Gasteiger partial charge in [-0.15, -0.1) is 0 Å². The maximum Gasteiger partial charge on any atom is 0.337 e. The molecule has 2 aromatic carbocycles. The summed E-state index contributed by atoms with van der Waals surface area (Å²) in [7, 11) is 0. The standard InChI is InChI=1S/C21H23NO6/c22-9-10-26-12-19(27-13-20(23)24)21(25)28-11-18-16-7-3-1-5-14(16)15-6-2-4-8-17(15)18/h1-8,18-19H,9-13,22H2,(H,23,24). The molecule has 7 nitrogen and oxygen atoms in total. The highest BCUT2D eigenvalue weighted by atomic mass is 16.6. The van der Waals surface area contributed by atoms with E-state index in [1.165, 1.54) is 0 Å². The molecule has 1 aliphatic carbocycles. The summed E-state index contributed by atoms with van der Waals surface area (Å²) in [6.45, 7) is -0.0569. The zero-order valence-corrected chi connectivity index (χ0v) is 15.4. The zero-order valence-electron chi connectivity index (χ0n) is 15.4. The van der Waals surface area contributed by atoms with Crippen molar-refractivity contribution in [2.75, 3.05) is 33.0 Å². The first-order valence-electron chi connectivity index (χ1n) is 9.08. The summed E-state index contributed by atoms with van der Waals surface area (Å²) >= 11 is 0. The van der Waals surface area contributed by atoms with Crippen LogP contribution in [0.25, 0.3) is 11.1 Å². The van der Waals surface area contributed by atoms with E-state index in [0.717, 1.165) is 22.3 Å². The van der Waals surface area contributed by atoms with E-state index in [0.29, 0.717) is 0 Å². The maximum absolute atomic E-state index is 12.5. The van der Waals surface area contributed by atoms with E-state index >= 15 is 0 Å². The monoisotopic (exact) mass is 385 g/mol. The molecule has 0 saturated carbocycles. The summed E-state index contributed by atoms with van der Waals surface area (Å²) in [5, 5.41) is 8.80. The molecular formula is C21H23NO6. The first-order valence-corrected chi connectivity index (χ1v) is 9.08. The number of rotatable bonds is 10. The smallest absolute Gasteiger partial charge is 0.337 e. The molecule has 2 aromatic rings. The fraction of sp³-hybridized carbons (Fsp3) is 0.333. The van der Waals surface area contributed by atoms with Crippen molar-refractivity contribution in [2.24, 2.45) is 5.73 Å². The second-order valence-electron chi connectivity index (χ2n) is 6.41. The highest BCUT2D eigenvalue weighted by molar-refractivity contribution is 5.79. The molecule has 0 aromatic heterocycles. The minimum Gasteiger partial charge on any atom is -0.480 e. The Balaban J connectivity index is 1.69. The molecule has 0 spiro atoms. The molecule has 0 fully saturated rings. The Morgan fingerprint density at radius 2 is 1.64 bits per heavy atom. The van der Waals surface area contributed by atoms with E-state index < -0.39 is 24.6 Å². The molecule has 148 valence electrons. The average molecular weight is 385 g/mol. The first kappa shape index (κ1) is 20.0. The van der Waals surface area contributed by atoms with Gasteiger partial charge < -0.3 is 25.1 Å². The van der Waals surface area contributed by atoms with E-state index in [2.05, 4.69) is 12.1 Å². The Morgan fingerprint density at radius 1 is 1.04 bits per heavy atom. The average Bonchev–Trinajstić information content (AvgIpc) is 3.02. The molecule has 1 atom stereocenters. The SMILES string of the molecule is NCCOCC(OCC(=O)O)C(=O)OCC1c2ccccc2-c2ccccc21. The lowest BCUT2D eigenvalue weighted by Crippen LogP contribution is -2.34. The van der Waals surface area contributed by atoms with Crippen molar-refractivity contribution in [1.29, 1.82) is 0 Å². The molecule has 0 aliphatic heterocycles. The third kappa shape index (κ3) is 4.56. The minimum atomic E-state index is -1.17. The molecule has 1 aliphatic rings. The van der Waals surface area contributed by atoms with Crippen molar-refractivity contribution in [1.82, 2.24) is 0 Å². The van der Waals surface area contributed by atoms with E-state index in [1.54, 1.807) is 0 Å². The van der Waals surface area contributed by atoms with Gasteiger partial charge in [-0.3, -0.25) is 0 Å². The number of carbonyl (C=O) groups excluding carboxylic acids is 1. The number of nitrogens with two attached hydrogens (primary N) is 1. The minimum absolute atomic E-state index is 0.0820. The van der Waals surface area contributed by atoms with Gasteiger partial charge in [-0.2, -0.15) is 0 Å². The highest BCUT2D eigenvalue weighted by Gasteiger charge is 2.30. The van der Waals surface area contributed by atoms with Crippen LogP contribution >= 0.6 is 0 Å². The van der Waals surface area contributed by atoms with E-state index in [9.17, 15) is 9.59 Å². The van der Waals surface area contributed by atoms with Gasteiger partial charge in [0, 0.05) is 12.5 Å². The van der Waals surface area contributed by atoms with E-state index in [4.69, 9.17) is 25.1 Å². The lowest BCUT2D eigenvalue weighted by atomic mass is 9.98. The number of hydrogen-bond acceptors (Lipinski definition) is 6. The Bertz CT molecular complexity index is 792. The lowest BCUT2D eigenvalue weighted by molar-refractivity contribution is -0.165. The Labute approximate surface area is 163 Å². The van der Waals surface area contributed by atoms with Crippen molar-refractivity contribution in [3.63, 3.8) is 0 Å². The van der Waals surface area contributed by atoms with Gasteiger partial charge in [-0.25, -0.2) is 9.59 Å². The molecular weight excluding hydrogens is 362 g/mol. The number of carboxylic acid groups (broad SMARTS) is 1. The van der Waals surface area contributed by atoms with Crippen LogP contribution in [-0.4, -0.2) is 56.1 Å². The summed E-state index contributed by atoms with van der Waals surface area (Å²) in [6.07, 6.45) is -1.12. The molecule has 0 amide bonds. The van der Waals surface area contributed by atoms with E-state index in [-0.39, 0.29) is 32.3 Å². The molecule has 7 heteroatoms. The highest BCUT2D eigenvalue weighted by Crippen LogP contribution is 2.44. The van der Waals surface area contributed by atoms with Gasteiger partial charge in [-0.1, -0.05) is 48.5 Å². The molecule has 0 saturated heterocycles. The van der Waals surface area contributed by atoms with Gasteiger partial charge in [0.15, 0.2) is 6.10 Å². The molecule has 0 radical (unpaired) electrons. The number of carbonyl (C=O) groups is 2.